The molecule has 29 heavy (non-hydrogen) atoms. The third-order valence-electron chi connectivity index (χ3n) is 4.67. The molecular weight excluding hydrogens is 370 g/mol. The van der Waals surface area contributed by atoms with Crippen LogP contribution < -0.4 is 5.32 Å². The molecule has 7 nitrogen and oxygen atoms in total. The van der Waals surface area contributed by atoms with Gasteiger partial charge in [-0.3, -0.25) is 9.59 Å². The molecule has 0 amide bonds. The van der Waals surface area contributed by atoms with Crippen LogP contribution in [-0.4, -0.2) is 87.8 Å². The van der Waals surface area contributed by atoms with Gasteiger partial charge in [0.1, 0.15) is 6.61 Å². The highest BCUT2D eigenvalue weighted by atomic mass is 16.5. The van der Waals surface area contributed by atoms with E-state index in [1.165, 1.54) is 12.8 Å². The van der Waals surface area contributed by atoms with E-state index in [4.69, 9.17) is 9.47 Å². The van der Waals surface area contributed by atoms with Crippen LogP contribution in [0.2, 0.25) is 0 Å². The molecule has 0 heterocycles. The van der Waals surface area contributed by atoms with E-state index in [9.17, 15) is 9.59 Å². The van der Waals surface area contributed by atoms with Gasteiger partial charge >= 0.3 is 11.9 Å². The summed E-state index contributed by atoms with van der Waals surface area (Å²) in [6.45, 7) is 13.1. The lowest BCUT2D eigenvalue weighted by Crippen LogP contribution is -2.35. The molecule has 0 aliphatic rings. The lowest BCUT2D eigenvalue weighted by atomic mass is 10.3. The van der Waals surface area contributed by atoms with Gasteiger partial charge in [0, 0.05) is 32.7 Å². The van der Waals surface area contributed by atoms with Crippen LogP contribution in [0.25, 0.3) is 0 Å². The second-order valence-electron chi connectivity index (χ2n) is 7.54. The van der Waals surface area contributed by atoms with Gasteiger partial charge in [0.2, 0.25) is 0 Å². The van der Waals surface area contributed by atoms with E-state index in [1.54, 1.807) is 0 Å². The Bertz CT molecular complexity index is 408. The molecule has 0 aromatic rings. The maximum atomic E-state index is 11.8. The minimum Gasteiger partial charge on any atom is -0.466 e. The molecule has 0 aromatic carbocycles. The molecule has 0 bridgehead atoms. The number of hydrogen-bond donors (Lipinski definition) is 1. The third kappa shape index (κ3) is 18.6. The summed E-state index contributed by atoms with van der Waals surface area (Å²) >= 11 is 0. The zero-order valence-electron chi connectivity index (χ0n) is 19.3. The number of likely N-dealkylation sites (N-methyl/N-ethyl adjacent to an activating group) is 1. The largest absolute Gasteiger partial charge is 0.466 e. The van der Waals surface area contributed by atoms with E-state index in [2.05, 4.69) is 36.0 Å². The van der Waals surface area contributed by atoms with E-state index in [-0.39, 0.29) is 11.9 Å². The van der Waals surface area contributed by atoms with Crippen LogP contribution in [0.1, 0.15) is 65.7 Å². The van der Waals surface area contributed by atoms with E-state index in [1.807, 2.05) is 6.92 Å². The van der Waals surface area contributed by atoms with Crippen molar-refractivity contribution >= 4 is 11.9 Å². The average molecular weight is 416 g/mol. The molecule has 0 saturated heterocycles. The van der Waals surface area contributed by atoms with Crippen molar-refractivity contribution in [3.8, 4) is 0 Å². The number of hydrogen-bond acceptors (Lipinski definition) is 7. The molecule has 0 aromatic heterocycles. The molecule has 1 N–H and O–H groups in total. The Balaban J connectivity index is 3.83. The monoisotopic (exact) mass is 415 g/mol. The topological polar surface area (TPSA) is 71.1 Å². The standard InChI is InChI=1S/C22H45N3O4/c1-5-8-14-24(4)18-20-29-21(26)10-12-23-13-17-25(15-9-6-2)16-11-22(27)28-19-7-3/h23H,5-20H2,1-4H3. The van der Waals surface area contributed by atoms with Gasteiger partial charge in [-0.25, -0.2) is 0 Å². The first-order chi connectivity index (χ1) is 14.0. The smallest absolute Gasteiger partial charge is 0.307 e. The fraction of sp³-hybridized carbons (Fsp3) is 0.909. The van der Waals surface area contributed by atoms with Crippen LogP contribution in [0, 0.1) is 0 Å². The molecule has 0 rings (SSSR count). The summed E-state index contributed by atoms with van der Waals surface area (Å²) in [5.41, 5.74) is 0. The van der Waals surface area contributed by atoms with Crippen molar-refractivity contribution in [1.82, 2.24) is 15.1 Å². The molecule has 0 fully saturated rings. The zero-order valence-corrected chi connectivity index (χ0v) is 19.3. The van der Waals surface area contributed by atoms with E-state index in [0.717, 1.165) is 58.5 Å². The number of nitrogens with zero attached hydrogens (tertiary/aromatic N) is 2. The Morgan fingerprint density at radius 2 is 1.38 bits per heavy atom. The second-order valence-corrected chi connectivity index (χ2v) is 7.54. The highest BCUT2D eigenvalue weighted by Crippen LogP contribution is 1.99. The summed E-state index contributed by atoms with van der Waals surface area (Å²) in [5, 5.41) is 3.30. The van der Waals surface area contributed by atoms with Crippen LogP contribution in [-0.2, 0) is 19.1 Å². The van der Waals surface area contributed by atoms with Gasteiger partial charge in [0.25, 0.3) is 0 Å². The number of ether oxygens (including phenoxy) is 2. The molecule has 0 radical (unpaired) electrons. The molecule has 0 aliphatic heterocycles. The number of nitrogens with one attached hydrogen (secondary N) is 1. The van der Waals surface area contributed by atoms with Gasteiger partial charge in [-0.2, -0.15) is 0 Å². The number of carbonyl (C=O) groups is 2. The van der Waals surface area contributed by atoms with E-state index >= 15 is 0 Å². The third-order valence-corrected chi connectivity index (χ3v) is 4.67. The van der Waals surface area contributed by atoms with Crippen molar-refractivity contribution in [3.05, 3.63) is 0 Å². The highest BCUT2D eigenvalue weighted by Gasteiger charge is 2.09. The molecular formula is C22H45N3O4. The number of carbonyl (C=O) groups excluding carboxylic acids is 2. The van der Waals surface area contributed by atoms with Gasteiger partial charge in [-0.05, 0) is 39.4 Å². The average Bonchev–Trinajstić information content (AvgIpc) is 2.71. The van der Waals surface area contributed by atoms with Crippen molar-refractivity contribution in [3.63, 3.8) is 0 Å². The molecule has 172 valence electrons. The second kappa shape index (κ2) is 20.1. The number of unbranched alkanes of at least 4 members (excludes halogenated alkanes) is 2. The number of esters is 2. The Hall–Kier alpha value is -1.18. The van der Waals surface area contributed by atoms with Crippen LogP contribution in [0.3, 0.4) is 0 Å². The Morgan fingerprint density at radius 3 is 2.07 bits per heavy atom. The van der Waals surface area contributed by atoms with Crippen LogP contribution in [0.5, 0.6) is 0 Å². The van der Waals surface area contributed by atoms with E-state index < -0.39 is 0 Å². The quantitative estimate of drug-likeness (QED) is 0.242. The normalized spacial score (nSPS) is 11.2. The maximum Gasteiger partial charge on any atom is 0.307 e. The first-order valence-electron chi connectivity index (χ1n) is 11.5. The van der Waals surface area contributed by atoms with Gasteiger partial charge in [0.05, 0.1) is 19.4 Å². The molecule has 0 unspecified atom stereocenters. The fourth-order valence-electron chi connectivity index (χ4n) is 2.73. The van der Waals surface area contributed by atoms with Crippen LogP contribution in [0.4, 0.5) is 0 Å². The van der Waals surface area contributed by atoms with Gasteiger partial charge in [0.15, 0.2) is 0 Å². The number of rotatable bonds is 20. The maximum absolute atomic E-state index is 11.8. The van der Waals surface area contributed by atoms with Crippen molar-refractivity contribution in [2.45, 2.75) is 65.7 Å². The van der Waals surface area contributed by atoms with Gasteiger partial charge < -0.3 is 24.6 Å². The molecule has 0 aliphatic carbocycles. The van der Waals surface area contributed by atoms with Crippen molar-refractivity contribution in [2.24, 2.45) is 0 Å². The van der Waals surface area contributed by atoms with Gasteiger partial charge in [-0.1, -0.05) is 33.6 Å². The van der Waals surface area contributed by atoms with Crippen molar-refractivity contribution in [2.75, 3.05) is 66.1 Å². The summed E-state index contributed by atoms with van der Waals surface area (Å²) in [6.07, 6.45) is 6.26. The van der Waals surface area contributed by atoms with Crippen LogP contribution in [0.15, 0.2) is 0 Å². The van der Waals surface area contributed by atoms with Crippen molar-refractivity contribution < 1.29 is 19.1 Å². The fourth-order valence-corrected chi connectivity index (χ4v) is 2.73. The summed E-state index contributed by atoms with van der Waals surface area (Å²) in [6, 6.07) is 0. The van der Waals surface area contributed by atoms with Crippen LogP contribution >= 0.6 is 0 Å². The predicted octanol–water partition coefficient (Wildman–Crippen LogP) is 2.69. The minimum atomic E-state index is -0.150. The SMILES string of the molecule is CCCCN(C)CCOC(=O)CCNCCN(CCCC)CCC(=O)OCCC. The van der Waals surface area contributed by atoms with Crippen molar-refractivity contribution in [1.29, 1.82) is 0 Å². The Morgan fingerprint density at radius 1 is 0.724 bits per heavy atom. The highest BCUT2D eigenvalue weighted by molar-refractivity contribution is 5.69. The Kier molecular flexibility index (Phi) is 19.3. The van der Waals surface area contributed by atoms with Gasteiger partial charge in [-0.15, -0.1) is 0 Å². The molecule has 7 heteroatoms. The first-order valence-corrected chi connectivity index (χ1v) is 11.5. The predicted molar refractivity (Wildman–Crippen MR) is 118 cm³/mol. The molecule has 0 atom stereocenters. The Labute approximate surface area is 178 Å². The summed E-state index contributed by atoms with van der Waals surface area (Å²) < 4.78 is 10.4. The zero-order chi connectivity index (χ0) is 21.7. The summed E-state index contributed by atoms with van der Waals surface area (Å²) in [5.74, 6) is -0.271. The molecule has 0 saturated carbocycles. The summed E-state index contributed by atoms with van der Waals surface area (Å²) in [4.78, 5) is 28.0. The first kappa shape index (κ1) is 27.8. The lowest BCUT2D eigenvalue weighted by Gasteiger charge is -2.22. The minimum absolute atomic E-state index is 0.121. The summed E-state index contributed by atoms with van der Waals surface area (Å²) in [7, 11) is 2.05. The van der Waals surface area contributed by atoms with E-state index in [0.29, 0.717) is 32.6 Å². The lowest BCUT2D eigenvalue weighted by molar-refractivity contribution is -0.145. The molecule has 0 spiro atoms.